The molecule has 2 aliphatic heterocycles. The van der Waals surface area contributed by atoms with E-state index in [0.717, 1.165) is 0 Å². The van der Waals surface area contributed by atoms with E-state index in [1.54, 1.807) is 6.08 Å². The molecule has 0 aromatic carbocycles. The first-order valence-electron chi connectivity index (χ1n) is 8.06. The second-order valence-electron chi connectivity index (χ2n) is 6.05. The molecule has 0 bridgehead atoms. The van der Waals surface area contributed by atoms with Crippen molar-refractivity contribution in [1.82, 2.24) is 0 Å². The number of hydrogen-bond donors (Lipinski definition) is 6. The van der Waals surface area contributed by atoms with Gasteiger partial charge in [-0.3, -0.25) is 0 Å². The fraction of sp³-hybridized carbons (Fsp3) is 0.867. The van der Waals surface area contributed by atoms with Crippen molar-refractivity contribution in [2.24, 2.45) is 0 Å². The summed E-state index contributed by atoms with van der Waals surface area (Å²) >= 11 is 0. The lowest BCUT2D eigenvalue weighted by atomic mass is 9.99. The highest BCUT2D eigenvalue weighted by atomic mass is 16.7. The van der Waals surface area contributed by atoms with E-state index in [0.29, 0.717) is 6.42 Å². The Balaban J connectivity index is 1.89. The van der Waals surface area contributed by atoms with Crippen LogP contribution in [0.25, 0.3) is 0 Å². The fourth-order valence-corrected chi connectivity index (χ4v) is 2.58. The zero-order valence-corrected chi connectivity index (χ0v) is 13.6. The number of aliphatic hydroxyl groups excluding tert-OH is 6. The van der Waals surface area contributed by atoms with Crippen molar-refractivity contribution in [2.75, 3.05) is 19.8 Å². The van der Waals surface area contributed by atoms with Gasteiger partial charge in [0.15, 0.2) is 12.6 Å². The Labute approximate surface area is 144 Å². The smallest absolute Gasteiger partial charge is 0.186 e. The predicted octanol–water partition coefficient (Wildman–Crippen LogP) is -3.16. The van der Waals surface area contributed by atoms with Crippen LogP contribution in [0.15, 0.2) is 12.7 Å². The van der Waals surface area contributed by atoms with Gasteiger partial charge in [-0.1, -0.05) is 6.08 Å². The minimum Gasteiger partial charge on any atom is -0.388 e. The molecule has 9 atom stereocenters. The van der Waals surface area contributed by atoms with Crippen LogP contribution in [-0.2, 0) is 18.9 Å². The molecule has 0 amide bonds. The van der Waals surface area contributed by atoms with E-state index in [2.05, 4.69) is 6.58 Å². The summed E-state index contributed by atoms with van der Waals surface area (Å²) in [7, 11) is 0. The minimum absolute atomic E-state index is 0.205. The zero-order valence-electron chi connectivity index (χ0n) is 13.6. The van der Waals surface area contributed by atoms with Gasteiger partial charge in [-0.15, -0.1) is 6.58 Å². The van der Waals surface area contributed by atoms with Gasteiger partial charge < -0.3 is 49.6 Å². The van der Waals surface area contributed by atoms with Crippen LogP contribution < -0.4 is 0 Å². The maximum atomic E-state index is 10.0. The van der Waals surface area contributed by atoms with Crippen molar-refractivity contribution >= 4 is 0 Å². The average Bonchev–Trinajstić information content (AvgIpc) is 2.60. The third-order valence-electron chi connectivity index (χ3n) is 4.15. The SMILES string of the molecule is C=CCCO[C@@H]1O[C@H](CO[C@@H]2OC[C@H](O)[C@H](O)[C@H]2O)[C@@H](O)[C@H](O)[C@H]1O. The Kier molecular flexibility index (Phi) is 7.70. The Morgan fingerprint density at radius 1 is 0.880 bits per heavy atom. The van der Waals surface area contributed by atoms with Crippen LogP contribution in [0.3, 0.4) is 0 Å². The molecular formula is C15H26O10. The highest BCUT2D eigenvalue weighted by Crippen LogP contribution is 2.24. The Morgan fingerprint density at radius 2 is 1.56 bits per heavy atom. The molecule has 0 saturated carbocycles. The zero-order chi connectivity index (χ0) is 18.6. The third-order valence-corrected chi connectivity index (χ3v) is 4.15. The molecule has 0 aromatic heterocycles. The van der Waals surface area contributed by atoms with E-state index in [9.17, 15) is 30.6 Å². The molecule has 0 radical (unpaired) electrons. The first kappa shape index (κ1) is 20.6. The van der Waals surface area contributed by atoms with Crippen LogP contribution in [0.5, 0.6) is 0 Å². The van der Waals surface area contributed by atoms with E-state index in [1.807, 2.05) is 0 Å². The molecule has 0 spiro atoms. The Hall–Kier alpha value is -0.660. The summed E-state index contributed by atoms with van der Waals surface area (Å²) in [5.41, 5.74) is 0. The lowest BCUT2D eigenvalue weighted by molar-refractivity contribution is -0.320. The fourth-order valence-electron chi connectivity index (χ4n) is 2.58. The van der Waals surface area contributed by atoms with Crippen LogP contribution >= 0.6 is 0 Å². The van der Waals surface area contributed by atoms with E-state index in [-0.39, 0.29) is 19.8 Å². The number of aliphatic hydroxyl groups is 6. The van der Waals surface area contributed by atoms with Crippen LogP contribution in [0.2, 0.25) is 0 Å². The van der Waals surface area contributed by atoms with Crippen molar-refractivity contribution in [3.63, 3.8) is 0 Å². The molecule has 0 aliphatic carbocycles. The highest BCUT2D eigenvalue weighted by molar-refractivity contribution is 4.90. The molecule has 2 heterocycles. The van der Waals surface area contributed by atoms with Crippen LogP contribution in [0, 0.1) is 0 Å². The molecular weight excluding hydrogens is 340 g/mol. The van der Waals surface area contributed by atoms with E-state index < -0.39 is 55.3 Å². The summed E-state index contributed by atoms with van der Waals surface area (Å²) in [6.07, 6.45) is -9.90. The maximum Gasteiger partial charge on any atom is 0.186 e. The first-order chi connectivity index (χ1) is 11.9. The first-order valence-corrected chi connectivity index (χ1v) is 8.06. The molecule has 10 heteroatoms. The molecule has 2 rings (SSSR count). The predicted molar refractivity (Wildman–Crippen MR) is 81.2 cm³/mol. The second kappa shape index (κ2) is 9.33. The van der Waals surface area contributed by atoms with Gasteiger partial charge in [0.05, 0.1) is 19.8 Å². The normalized spacial score (nSPS) is 45.3. The van der Waals surface area contributed by atoms with E-state index >= 15 is 0 Å². The molecule has 146 valence electrons. The summed E-state index contributed by atoms with van der Waals surface area (Å²) in [5.74, 6) is 0. The molecule has 25 heavy (non-hydrogen) atoms. The van der Waals surface area contributed by atoms with Gasteiger partial charge in [0.1, 0.15) is 42.7 Å². The van der Waals surface area contributed by atoms with Gasteiger partial charge in [0, 0.05) is 0 Å². The Morgan fingerprint density at radius 3 is 2.24 bits per heavy atom. The summed E-state index contributed by atoms with van der Waals surface area (Å²) in [5, 5.41) is 58.6. The molecule has 6 N–H and O–H groups in total. The number of ether oxygens (including phenoxy) is 4. The van der Waals surface area contributed by atoms with Crippen molar-refractivity contribution in [3.8, 4) is 0 Å². The van der Waals surface area contributed by atoms with E-state index in [4.69, 9.17) is 18.9 Å². The van der Waals surface area contributed by atoms with Crippen LogP contribution in [-0.4, -0.2) is 106 Å². The monoisotopic (exact) mass is 366 g/mol. The summed E-state index contributed by atoms with van der Waals surface area (Å²) in [6, 6.07) is 0. The topological polar surface area (TPSA) is 158 Å². The van der Waals surface area contributed by atoms with Gasteiger partial charge in [-0.2, -0.15) is 0 Å². The molecule has 2 aliphatic rings. The summed E-state index contributed by atoms with van der Waals surface area (Å²) < 4.78 is 21.1. The van der Waals surface area contributed by atoms with Crippen LogP contribution in [0.4, 0.5) is 0 Å². The molecule has 0 unspecified atom stereocenters. The van der Waals surface area contributed by atoms with Crippen molar-refractivity contribution < 1.29 is 49.6 Å². The quantitative estimate of drug-likeness (QED) is 0.201. The van der Waals surface area contributed by atoms with E-state index in [1.165, 1.54) is 0 Å². The van der Waals surface area contributed by atoms with Gasteiger partial charge in [0.2, 0.25) is 0 Å². The maximum absolute atomic E-state index is 10.0. The highest BCUT2D eigenvalue weighted by Gasteiger charge is 2.45. The minimum atomic E-state index is -1.51. The summed E-state index contributed by atoms with van der Waals surface area (Å²) in [4.78, 5) is 0. The molecule has 2 saturated heterocycles. The lowest BCUT2D eigenvalue weighted by Crippen LogP contribution is -2.60. The van der Waals surface area contributed by atoms with Crippen molar-refractivity contribution in [3.05, 3.63) is 12.7 Å². The summed E-state index contributed by atoms with van der Waals surface area (Å²) in [6.45, 7) is 3.20. The largest absolute Gasteiger partial charge is 0.388 e. The molecule has 2 fully saturated rings. The third kappa shape index (κ3) is 4.95. The van der Waals surface area contributed by atoms with Crippen molar-refractivity contribution in [1.29, 1.82) is 0 Å². The molecule has 0 aromatic rings. The van der Waals surface area contributed by atoms with Gasteiger partial charge in [-0.05, 0) is 6.42 Å². The number of hydrogen-bond acceptors (Lipinski definition) is 10. The second-order valence-corrected chi connectivity index (χ2v) is 6.05. The van der Waals surface area contributed by atoms with Gasteiger partial charge >= 0.3 is 0 Å². The molecule has 10 nitrogen and oxygen atoms in total. The number of rotatable bonds is 7. The van der Waals surface area contributed by atoms with Gasteiger partial charge in [0.25, 0.3) is 0 Å². The average molecular weight is 366 g/mol. The van der Waals surface area contributed by atoms with Crippen molar-refractivity contribution in [2.45, 2.75) is 61.7 Å². The standard InChI is InChI=1S/C15H26O10/c1-2-3-4-22-15-13(21)11(19)10(18)8(25-15)6-24-14-12(20)9(17)7(16)5-23-14/h2,7-21H,1,3-6H2/t7-,8+,9-,10+,11-,12+,13+,14-,15+/m0/s1. The van der Waals surface area contributed by atoms with Crippen LogP contribution in [0.1, 0.15) is 6.42 Å². The lowest BCUT2D eigenvalue weighted by Gasteiger charge is -2.41. The van der Waals surface area contributed by atoms with Gasteiger partial charge in [-0.25, -0.2) is 0 Å². The Bertz CT molecular complexity index is 421.